The van der Waals surface area contributed by atoms with E-state index in [-0.39, 0.29) is 16.4 Å². The van der Waals surface area contributed by atoms with Crippen molar-refractivity contribution in [3.63, 3.8) is 0 Å². The lowest BCUT2D eigenvalue weighted by molar-refractivity contribution is 0.0978. The first-order valence-electron chi connectivity index (χ1n) is 7.57. The highest BCUT2D eigenvalue weighted by atomic mass is 14.8. The Morgan fingerprint density at radius 3 is 1.95 bits per heavy atom. The molecule has 1 aromatic rings. The number of rotatable bonds is 1. The van der Waals surface area contributed by atoms with E-state index in [4.69, 9.17) is 5.73 Å². The largest absolute Gasteiger partial charge is 0.321 e. The molecular formula is C18H29N. The minimum absolute atomic E-state index is 0.165. The molecule has 0 aromatic heterocycles. The van der Waals surface area contributed by atoms with Crippen LogP contribution in [0.1, 0.15) is 71.4 Å². The van der Waals surface area contributed by atoms with E-state index in [0.29, 0.717) is 0 Å². The lowest BCUT2D eigenvalue weighted by Crippen LogP contribution is -2.51. The summed E-state index contributed by atoms with van der Waals surface area (Å²) in [7, 11) is 0. The molecule has 106 valence electrons. The van der Waals surface area contributed by atoms with Gasteiger partial charge in [0.05, 0.1) is 0 Å². The van der Waals surface area contributed by atoms with Crippen LogP contribution in [0.25, 0.3) is 0 Å². The van der Waals surface area contributed by atoms with Crippen molar-refractivity contribution in [3.05, 3.63) is 35.4 Å². The summed E-state index contributed by atoms with van der Waals surface area (Å²) >= 11 is 0. The van der Waals surface area contributed by atoms with E-state index >= 15 is 0 Å². The third-order valence-corrected chi connectivity index (χ3v) is 5.10. The molecule has 1 aliphatic carbocycles. The molecule has 0 spiro atoms. The Hall–Kier alpha value is -0.820. The van der Waals surface area contributed by atoms with Gasteiger partial charge in [0.25, 0.3) is 0 Å². The zero-order valence-electron chi connectivity index (χ0n) is 13.2. The second-order valence-corrected chi connectivity index (χ2v) is 7.89. The average molecular weight is 259 g/mol. The summed E-state index contributed by atoms with van der Waals surface area (Å²) in [5.41, 5.74) is 9.75. The topological polar surface area (TPSA) is 26.0 Å². The van der Waals surface area contributed by atoms with E-state index in [1.165, 1.54) is 30.4 Å². The van der Waals surface area contributed by atoms with Crippen LogP contribution in [0.3, 0.4) is 0 Å². The van der Waals surface area contributed by atoms with Gasteiger partial charge in [0, 0.05) is 5.54 Å². The van der Waals surface area contributed by atoms with Crippen molar-refractivity contribution in [3.8, 4) is 0 Å². The maximum Gasteiger partial charge on any atom is 0.0461 e. The first kappa shape index (κ1) is 14.6. The maximum atomic E-state index is 6.82. The van der Waals surface area contributed by atoms with E-state index in [1.54, 1.807) is 0 Å². The maximum absolute atomic E-state index is 6.82. The van der Waals surface area contributed by atoms with Gasteiger partial charge in [-0.25, -0.2) is 0 Å². The van der Waals surface area contributed by atoms with E-state index < -0.39 is 0 Å². The van der Waals surface area contributed by atoms with Gasteiger partial charge in [0.2, 0.25) is 0 Å². The normalized spacial score (nSPS) is 27.3. The van der Waals surface area contributed by atoms with Gasteiger partial charge in [0.1, 0.15) is 0 Å². The van der Waals surface area contributed by atoms with Crippen LogP contribution in [0.15, 0.2) is 24.3 Å². The number of hydrogen-bond donors (Lipinski definition) is 1. The molecule has 0 amide bonds. The van der Waals surface area contributed by atoms with E-state index in [2.05, 4.69) is 58.9 Å². The highest BCUT2D eigenvalue weighted by Gasteiger charge is 2.44. The molecule has 0 heterocycles. The number of benzene rings is 1. The van der Waals surface area contributed by atoms with Crippen molar-refractivity contribution in [2.24, 2.45) is 11.1 Å². The minimum Gasteiger partial charge on any atom is -0.321 e. The van der Waals surface area contributed by atoms with Crippen molar-refractivity contribution >= 4 is 0 Å². The third kappa shape index (κ3) is 2.58. The Bertz CT molecular complexity index is 436. The van der Waals surface area contributed by atoms with Gasteiger partial charge in [-0.15, -0.1) is 0 Å². The minimum atomic E-state index is -0.165. The Morgan fingerprint density at radius 1 is 0.947 bits per heavy atom. The smallest absolute Gasteiger partial charge is 0.0461 e. The van der Waals surface area contributed by atoms with E-state index in [0.717, 1.165) is 6.42 Å². The summed E-state index contributed by atoms with van der Waals surface area (Å²) in [6, 6.07) is 9.03. The molecule has 1 aliphatic rings. The first-order chi connectivity index (χ1) is 8.67. The van der Waals surface area contributed by atoms with Crippen LogP contribution in [-0.2, 0) is 11.0 Å². The fourth-order valence-corrected chi connectivity index (χ4v) is 3.33. The van der Waals surface area contributed by atoms with Crippen molar-refractivity contribution in [2.45, 2.75) is 71.3 Å². The molecule has 1 saturated carbocycles. The monoisotopic (exact) mass is 259 g/mol. The third-order valence-electron chi connectivity index (χ3n) is 5.10. The van der Waals surface area contributed by atoms with Crippen LogP contribution in [-0.4, -0.2) is 0 Å². The summed E-state index contributed by atoms with van der Waals surface area (Å²) in [4.78, 5) is 0. The summed E-state index contributed by atoms with van der Waals surface area (Å²) in [6.45, 7) is 11.4. The van der Waals surface area contributed by atoms with Gasteiger partial charge >= 0.3 is 0 Å². The number of nitrogens with two attached hydrogens (primary N) is 1. The van der Waals surface area contributed by atoms with Gasteiger partial charge in [-0.1, -0.05) is 71.7 Å². The molecule has 1 nitrogen and oxygen atoms in total. The Morgan fingerprint density at radius 2 is 1.47 bits per heavy atom. The second kappa shape index (κ2) is 4.63. The molecule has 2 rings (SSSR count). The quantitative estimate of drug-likeness (QED) is 0.774. The van der Waals surface area contributed by atoms with Gasteiger partial charge in [-0.3, -0.25) is 0 Å². The van der Waals surface area contributed by atoms with Crippen molar-refractivity contribution in [2.75, 3.05) is 0 Å². The van der Waals surface area contributed by atoms with Gasteiger partial charge in [-0.2, -0.15) is 0 Å². The van der Waals surface area contributed by atoms with Crippen molar-refractivity contribution < 1.29 is 0 Å². The summed E-state index contributed by atoms with van der Waals surface area (Å²) in [5, 5.41) is 0. The van der Waals surface area contributed by atoms with Crippen LogP contribution in [0.2, 0.25) is 0 Å². The molecular weight excluding hydrogens is 230 g/mol. The second-order valence-electron chi connectivity index (χ2n) is 7.89. The molecule has 19 heavy (non-hydrogen) atoms. The molecule has 1 heteroatoms. The summed E-state index contributed by atoms with van der Waals surface area (Å²) in [6.07, 6.45) is 4.90. The zero-order chi connectivity index (χ0) is 14.3. The Labute approximate surface area is 118 Å². The SMILES string of the molecule is CC(C)(C)c1ccc(C2(N)CCCCC2(C)C)cc1. The van der Waals surface area contributed by atoms with Gasteiger partial charge < -0.3 is 5.73 Å². The molecule has 2 N–H and O–H groups in total. The molecule has 0 saturated heterocycles. The fourth-order valence-electron chi connectivity index (χ4n) is 3.33. The van der Waals surface area contributed by atoms with Crippen LogP contribution in [0.4, 0.5) is 0 Å². The van der Waals surface area contributed by atoms with E-state index in [1.807, 2.05) is 0 Å². The highest BCUT2D eigenvalue weighted by Crippen LogP contribution is 2.48. The van der Waals surface area contributed by atoms with Crippen LogP contribution in [0.5, 0.6) is 0 Å². The Balaban J connectivity index is 2.36. The lowest BCUT2D eigenvalue weighted by atomic mass is 9.61. The average Bonchev–Trinajstić information content (AvgIpc) is 2.32. The van der Waals surface area contributed by atoms with Gasteiger partial charge in [-0.05, 0) is 34.8 Å². The van der Waals surface area contributed by atoms with Gasteiger partial charge in [0.15, 0.2) is 0 Å². The predicted octanol–water partition coefficient (Wildman–Crippen LogP) is 4.74. The Kier molecular flexibility index (Phi) is 3.55. The number of hydrogen-bond acceptors (Lipinski definition) is 1. The molecule has 0 bridgehead atoms. The van der Waals surface area contributed by atoms with Crippen molar-refractivity contribution in [1.82, 2.24) is 0 Å². The standard InChI is InChI=1S/C18H29N/c1-16(2,3)14-8-10-15(11-9-14)18(19)13-7-6-12-17(18,4)5/h8-11H,6-7,12-13,19H2,1-5H3. The van der Waals surface area contributed by atoms with E-state index in [9.17, 15) is 0 Å². The molecule has 1 fully saturated rings. The van der Waals surface area contributed by atoms with Crippen LogP contribution < -0.4 is 5.73 Å². The zero-order valence-corrected chi connectivity index (χ0v) is 13.2. The molecule has 1 unspecified atom stereocenters. The predicted molar refractivity (Wildman–Crippen MR) is 83.3 cm³/mol. The molecule has 0 radical (unpaired) electrons. The van der Waals surface area contributed by atoms with Crippen molar-refractivity contribution in [1.29, 1.82) is 0 Å². The molecule has 1 aromatic carbocycles. The molecule has 0 aliphatic heterocycles. The molecule has 1 atom stereocenters. The first-order valence-corrected chi connectivity index (χ1v) is 7.57. The fraction of sp³-hybridized carbons (Fsp3) is 0.667. The van der Waals surface area contributed by atoms with Crippen LogP contribution in [0, 0.1) is 5.41 Å². The van der Waals surface area contributed by atoms with Crippen LogP contribution >= 0.6 is 0 Å². The lowest BCUT2D eigenvalue weighted by Gasteiger charge is -2.48. The summed E-state index contributed by atoms with van der Waals surface area (Å²) < 4.78 is 0. The highest BCUT2D eigenvalue weighted by molar-refractivity contribution is 5.33. The summed E-state index contributed by atoms with van der Waals surface area (Å²) in [5.74, 6) is 0.